The third-order valence-electron chi connectivity index (χ3n) is 5.12. The summed E-state index contributed by atoms with van der Waals surface area (Å²) in [6, 6.07) is 10.9. The lowest BCUT2D eigenvalue weighted by molar-refractivity contribution is -0.114. The third-order valence-corrected chi connectivity index (χ3v) is 5.96. The van der Waals surface area contributed by atoms with E-state index in [1.54, 1.807) is 11.6 Å². The number of fused-ring (bicyclic) bond motifs is 1. The molecule has 0 saturated carbocycles. The van der Waals surface area contributed by atoms with Gasteiger partial charge in [-0.1, -0.05) is 23.7 Å². The molecule has 9 heteroatoms. The number of ether oxygens (including phenoxy) is 2. The van der Waals surface area contributed by atoms with Gasteiger partial charge in [0, 0.05) is 16.3 Å². The van der Waals surface area contributed by atoms with Crippen molar-refractivity contribution >= 4 is 39.3 Å². The second-order valence-electron chi connectivity index (χ2n) is 7.33. The van der Waals surface area contributed by atoms with Gasteiger partial charge in [-0.2, -0.15) is 10.1 Å². The van der Waals surface area contributed by atoms with Crippen molar-refractivity contribution in [2.75, 3.05) is 11.9 Å². The van der Waals surface area contributed by atoms with E-state index in [1.807, 2.05) is 50.2 Å². The predicted molar refractivity (Wildman–Crippen MR) is 126 cm³/mol. The molecule has 0 spiro atoms. The van der Waals surface area contributed by atoms with Crippen LogP contribution in [0.2, 0.25) is 5.02 Å². The van der Waals surface area contributed by atoms with E-state index in [1.165, 1.54) is 6.33 Å². The van der Waals surface area contributed by atoms with Gasteiger partial charge in [-0.05, 0) is 72.1 Å². The molecular weight excluding hydrogens is 496 g/mol. The lowest BCUT2D eigenvalue weighted by atomic mass is 9.93. The number of halogens is 2. The minimum absolute atomic E-state index is 0.0432. The van der Waals surface area contributed by atoms with Gasteiger partial charge < -0.3 is 14.8 Å². The summed E-state index contributed by atoms with van der Waals surface area (Å²) >= 11 is 9.61. The van der Waals surface area contributed by atoms with Crippen LogP contribution in [0.1, 0.15) is 37.9 Å². The van der Waals surface area contributed by atoms with Crippen LogP contribution >= 0.6 is 27.5 Å². The zero-order chi connectivity index (χ0) is 22.8. The number of hydrogen-bond donors (Lipinski definition) is 1. The maximum atomic E-state index is 12.5. The first-order valence-electron chi connectivity index (χ1n) is 10.1. The molecule has 0 radical (unpaired) electrons. The Balaban J connectivity index is 1.74. The summed E-state index contributed by atoms with van der Waals surface area (Å²) in [5.74, 6) is 1.70. The molecule has 1 N–H and O–H groups in total. The molecule has 0 amide bonds. The number of hydrogen-bond acceptors (Lipinski definition) is 6. The SMILES string of the molecule is CCOc1cc(C2C(C(C)=O)=C(C)Nc3ncnn32)cc(Br)c1OCc1ccc(Cl)cc1. The maximum Gasteiger partial charge on any atom is 0.226 e. The fourth-order valence-corrected chi connectivity index (χ4v) is 4.44. The van der Waals surface area contributed by atoms with Crippen LogP contribution in [0, 0.1) is 0 Å². The van der Waals surface area contributed by atoms with Gasteiger partial charge in [-0.25, -0.2) is 4.68 Å². The van der Waals surface area contributed by atoms with Gasteiger partial charge >= 0.3 is 0 Å². The van der Waals surface area contributed by atoms with Gasteiger partial charge in [0.15, 0.2) is 17.3 Å². The lowest BCUT2D eigenvalue weighted by Gasteiger charge is -2.29. The van der Waals surface area contributed by atoms with Crippen molar-refractivity contribution in [3.8, 4) is 11.5 Å². The molecule has 1 unspecified atom stereocenters. The highest BCUT2D eigenvalue weighted by Gasteiger charge is 2.32. The average molecular weight is 518 g/mol. The smallest absolute Gasteiger partial charge is 0.226 e. The van der Waals surface area contributed by atoms with Gasteiger partial charge in [-0.15, -0.1) is 0 Å². The Morgan fingerprint density at radius 2 is 2.00 bits per heavy atom. The molecular formula is C23H22BrClN4O3. The summed E-state index contributed by atoms with van der Waals surface area (Å²) in [5, 5.41) is 8.18. The Bertz CT molecular complexity index is 1190. The van der Waals surface area contributed by atoms with Crippen molar-refractivity contribution in [1.82, 2.24) is 14.8 Å². The largest absolute Gasteiger partial charge is 0.490 e. The number of aromatic nitrogens is 3. The molecule has 0 aliphatic carbocycles. The van der Waals surface area contributed by atoms with Gasteiger partial charge in [0.05, 0.1) is 11.1 Å². The topological polar surface area (TPSA) is 78.3 Å². The molecule has 7 nitrogen and oxygen atoms in total. The molecule has 0 bridgehead atoms. The predicted octanol–water partition coefficient (Wildman–Crippen LogP) is 5.55. The van der Waals surface area contributed by atoms with Gasteiger partial charge in [-0.3, -0.25) is 4.79 Å². The van der Waals surface area contributed by atoms with Gasteiger partial charge in [0.2, 0.25) is 5.95 Å². The average Bonchev–Trinajstić information content (AvgIpc) is 3.21. The zero-order valence-corrected chi connectivity index (χ0v) is 20.2. The normalized spacial score (nSPS) is 15.2. The molecule has 1 aromatic heterocycles. The minimum atomic E-state index is -0.438. The molecule has 1 atom stereocenters. The van der Waals surface area contributed by atoms with Crippen LogP contribution in [0.4, 0.5) is 5.95 Å². The molecule has 2 heterocycles. The van der Waals surface area contributed by atoms with E-state index in [4.69, 9.17) is 21.1 Å². The van der Waals surface area contributed by atoms with Crippen LogP contribution < -0.4 is 14.8 Å². The fraction of sp³-hybridized carbons (Fsp3) is 0.261. The highest BCUT2D eigenvalue weighted by Crippen LogP contribution is 2.43. The zero-order valence-electron chi connectivity index (χ0n) is 17.9. The van der Waals surface area contributed by atoms with Crippen LogP contribution in [0.15, 0.2) is 58.5 Å². The van der Waals surface area contributed by atoms with Crippen LogP contribution in [-0.2, 0) is 11.4 Å². The quantitative estimate of drug-likeness (QED) is 0.443. The summed E-state index contributed by atoms with van der Waals surface area (Å²) in [6.07, 6.45) is 1.47. The first-order chi connectivity index (χ1) is 15.4. The number of carbonyl (C=O) groups is 1. The van der Waals surface area contributed by atoms with E-state index < -0.39 is 6.04 Å². The lowest BCUT2D eigenvalue weighted by Crippen LogP contribution is -2.27. The van der Waals surface area contributed by atoms with Gasteiger partial charge in [0.1, 0.15) is 19.0 Å². The van der Waals surface area contributed by atoms with E-state index in [2.05, 4.69) is 31.3 Å². The number of anilines is 1. The molecule has 166 valence electrons. The Kier molecular flexibility index (Phi) is 6.53. The van der Waals surface area contributed by atoms with Crippen LogP contribution in [-0.4, -0.2) is 27.2 Å². The third kappa shape index (κ3) is 4.38. The van der Waals surface area contributed by atoms with Crippen molar-refractivity contribution < 1.29 is 14.3 Å². The first kappa shape index (κ1) is 22.4. The summed E-state index contributed by atoms with van der Waals surface area (Å²) in [7, 11) is 0. The van der Waals surface area contributed by atoms with E-state index in [-0.39, 0.29) is 5.78 Å². The number of benzene rings is 2. The Labute approximate surface area is 199 Å². The summed E-state index contributed by atoms with van der Waals surface area (Å²) in [4.78, 5) is 16.8. The molecule has 32 heavy (non-hydrogen) atoms. The van der Waals surface area contributed by atoms with E-state index in [9.17, 15) is 4.79 Å². The minimum Gasteiger partial charge on any atom is -0.490 e. The number of carbonyl (C=O) groups excluding carboxylic acids is 1. The van der Waals surface area contributed by atoms with Crippen LogP contribution in [0.5, 0.6) is 11.5 Å². The molecule has 4 rings (SSSR count). The first-order valence-corrected chi connectivity index (χ1v) is 11.3. The summed E-state index contributed by atoms with van der Waals surface area (Å²) < 4.78 is 14.4. The summed E-state index contributed by atoms with van der Waals surface area (Å²) in [5.41, 5.74) is 3.18. The Morgan fingerprint density at radius 1 is 1.25 bits per heavy atom. The Hall–Kier alpha value is -2.84. The van der Waals surface area contributed by atoms with Crippen molar-refractivity contribution in [2.24, 2.45) is 0 Å². The van der Waals surface area contributed by atoms with Crippen molar-refractivity contribution in [1.29, 1.82) is 0 Å². The molecule has 3 aromatic rings. The highest BCUT2D eigenvalue weighted by atomic mass is 79.9. The fourth-order valence-electron chi connectivity index (χ4n) is 3.74. The monoisotopic (exact) mass is 516 g/mol. The molecule has 1 aliphatic heterocycles. The van der Waals surface area contributed by atoms with Gasteiger partial charge in [0.25, 0.3) is 0 Å². The van der Waals surface area contributed by atoms with Crippen molar-refractivity contribution in [3.05, 3.63) is 74.6 Å². The molecule has 1 aliphatic rings. The van der Waals surface area contributed by atoms with E-state index in [0.717, 1.165) is 16.8 Å². The number of nitrogens with zero attached hydrogens (tertiary/aromatic N) is 3. The van der Waals surface area contributed by atoms with E-state index >= 15 is 0 Å². The Morgan fingerprint density at radius 3 is 2.69 bits per heavy atom. The van der Waals surface area contributed by atoms with Crippen LogP contribution in [0.3, 0.4) is 0 Å². The number of nitrogens with one attached hydrogen (secondary N) is 1. The number of allylic oxidation sites excluding steroid dienone is 2. The van der Waals surface area contributed by atoms with Crippen LogP contribution in [0.25, 0.3) is 0 Å². The molecule has 0 saturated heterocycles. The summed E-state index contributed by atoms with van der Waals surface area (Å²) in [6.45, 7) is 6.14. The van der Waals surface area contributed by atoms with E-state index in [0.29, 0.717) is 45.7 Å². The van der Waals surface area contributed by atoms with Crippen molar-refractivity contribution in [2.45, 2.75) is 33.4 Å². The maximum absolute atomic E-state index is 12.5. The highest BCUT2D eigenvalue weighted by molar-refractivity contribution is 9.10. The standard InChI is InChI=1S/C23H22BrClN4O3/c1-4-31-19-10-16(9-18(24)22(19)32-11-15-5-7-17(25)8-6-15)21-20(14(3)30)13(2)28-23-26-12-27-29(21)23/h5-10,12,21H,4,11H2,1-3H3,(H,26,27,28). The van der Waals surface area contributed by atoms with Crippen molar-refractivity contribution in [3.63, 3.8) is 0 Å². The number of Topliss-reactive ketones (excluding diaryl/α,β-unsaturated/α-hetero) is 1. The second-order valence-corrected chi connectivity index (χ2v) is 8.62. The number of rotatable bonds is 7. The number of ketones is 1. The molecule has 0 fully saturated rings. The molecule has 2 aromatic carbocycles. The second kappa shape index (κ2) is 9.34.